The molecule has 0 aromatic heterocycles. The highest BCUT2D eigenvalue weighted by molar-refractivity contribution is 7.85. The standard InChI is InChI=1S/C12H19NO2S/c1-10(2)13-8-11(14)9-16(15)12-6-4-3-5-7-12/h3-7,10-11,13-14H,8-9H2,1-2H3/t11-,16-/m1/s1. The second-order valence-electron chi connectivity index (χ2n) is 4.04. The number of hydrogen-bond donors (Lipinski definition) is 2. The van der Waals surface area contributed by atoms with Gasteiger partial charge in [0.2, 0.25) is 0 Å². The van der Waals surface area contributed by atoms with E-state index < -0.39 is 16.9 Å². The van der Waals surface area contributed by atoms with E-state index in [-0.39, 0.29) is 5.75 Å². The van der Waals surface area contributed by atoms with Crippen LogP contribution in [0.2, 0.25) is 0 Å². The predicted molar refractivity (Wildman–Crippen MR) is 66.9 cm³/mol. The summed E-state index contributed by atoms with van der Waals surface area (Å²) in [6.07, 6.45) is -0.566. The molecule has 1 aromatic carbocycles. The van der Waals surface area contributed by atoms with Gasteiger partial charge in [0.1, 0.15) is 0 Å². The summed E-state index contributed by atoms with van der Waals surface area (Å²) in [5, 5.41) is 12.8. The SMILES string of the molecule is CC(C)NC[C@@H](O)C[S@@](=O)c1ccccc1. The van der Waals surface area contributed by atoms with Gasteiger partial charge in [-0.3, -0.25) is 4.21 Å². The number of aliphatic hydroxyl groups is 1. The summed E-state index contributed by atoms with van der Waals surface area (Å²) >= 11 is 0. The number of hydrogen-bond acceptors (Lipinski definition) is 3. The molecule has 2 atom stereocenters. The van der Waals surface area contributed by atoms with Crippen molar-refractivity contribution in [1.82, 2.24) is 5.32 Å². The maximum absolute atomic E-state index is 11.8. The first-order valence-electron chi connectivity index (χ1n) is 5.44. The topological polar surface area (TPSA) is 49.3 Å². The van der Waals surface area contributed by atoms with Crippen LogP contribution in [0.4, 0.5) is 0 Å². The Labute approximate surface area is 99.3 Å². The summed E-state index contributed by atoms with van der Waals surface area (Å²) in [5.74, 6) is 0.281. The summed E-state index contributed by atoms with van der Waals surface area (Å²) in [7, 11) is -1.12. The summed E-state index contributed by atoms with van der Waals surface area (Å²) < 4.78 is 11.8. The van der Waals surface area contributed by atoms with Crippen molar-refractivity contribution in [3.05, 3.63) is 30.3 Å². The average Bonchev–Trinajstić information content (AvgIpc) is 2.27. The van der Waals surface area contributed by atoms with Crippen LogP contribution >= 0.6 is 0 Å². The van der Waals surface area contributed by atoms with Crippen LogP contribution in [0, 0.1) is 0 Å². The molecule has 0 spiro atoms. The number of rotatable bonds is 6. The maximum Gasteiger partial charge on any atom is 0.0783 e. The van der Waals surface area contributed by atoms with E-state index in [4.69, 9.17) is 0 Å². The zero-order valence-electron chi connectivity index (χ0n) is 9.72. The molecule has 0 heterocycles. The van der Waals surface area contributed by atoms with Crippen molar-refractivity contribution in [2.75, 3.05) is 12.3 Å². The molecular formula is C12H19NO2S. The average molecular weight is 241 g/mol. The Bertz CT molecular complexity index is 327. The lowest BCUT2D eigenvalue weighted by molar-refractivity contribution is 0.191. The van der Waals surface area contributed by atoms with Gasteiger partial charge < -0.3 is 10.4 Å². The summed E-state index contributed by atoms with van der Waals surface area (Å²) in [6.45, 7) is 4.51. The van der Waals surface area contributed by atoms with Gasteiger partial charge in [0.15, 0.2) is 0 Å². The van der Waals surface area contributed by atoms with Gasteiger partial charge in [-0.25, -0.2) is 0 Å². The van der Waals surface area contributed by atoms with E-state index in [2.05, 4.69) is 5.32 Å². The number of aliphatic hydroxyl groups excluding tert-OH is 1. The van der Waals surface area contributed by atoms with Gasteiger partial charge in [-0.2, -0.15) is 0 Å². The molecule has 90 valence electrons. The zero-order valence-corrected chi connectivity index (χ0v) is 10.5. The highest BCUT2D eigenvalue weighted by Gasteiger charge is 2.11. The van der Waals surface area contributed by atoms with Crippen molar-refractivity contribution in [1.29, 1.82) is 0 Å². The van der Waals surface area contributed by atoms with Gasteiger partial charge in [0.05, 0.1) is 22.7 Å². The monoisotopic (exact) mass is 241 g/mol. The Morgan fingerprint density at radius 3 is 2.50 bits per heavy atom. The molecule has 3 nitrogen and oxygen atoms in total. The van der Waals surface area contributed by atoms with Gasteiger partial charge in [-0.1, -0.05) is 32.0 Å². The highest BCUT2D eigenvalue weighted by atomic mass is 32.2. The van der Waals surface area contributed by atoms with E-state index in [0.29, 0.717) is 12.6 Å². The first-order chi connectivity index (χ1) is 7.59. The lowest BCUT2D eigenvalue weighted by atomic mass is 10.3. The summed E-state index contributed by atoms with van der Waals surface area (Å²) in [4.78, 5) is 0.770. The maximum atomic E-state index is 11.8. The first kappa shape index (κ1) is 13.4. The molecule has 0 aliphatic rings. The largest absolute Gasteiger partial charge is 0.391 e. The molecule has 0 radical (unpaired) electrons. The van der Waals surface area contributed by atoms with Gasteiger partial charge in [0, 0.05) is 17.5 Å². The molecular weight excluding hydrogens is 222 g/mol. The van der Waals surface area contributed by atoms with Crippen molar-refractivity contribution in [3.63, 3.8) is 0 Å². The Hall–Kier alpha value is -0.710. The van der Waals surface area contributed by atoms with Crippen LogP contribution in [0.25, 0.3) is 0 Å². The molecule has 0 aliphatic heterocycles. The van der Waals surface area contributed by atoms with E-state index in [9.17, 15) is 9.32 Å². The van der Waals surface area contributed by atoms with Gasteiger partial charge in [-0.15, -0.1) is 0 Å². The third-order valence-electron chi connectivity index (χ3n) is 2.11. The van der Waals surface area contributed by atoms with E-state index in [1.54, 1.807) is 0 Å². The lowest BCUT2D eigenvalue weighted by Crippen LogP contribution is -2.34. The fraction of sp³-hybridized carbons (Fsp3) is 0.500. The number of nitrogens with one attached hydrogen (secondary N) is 1. The molecule has 1 rings (SSSR count). The van der Waals surface area contributed by atoms with Crippen molar-refractivity contribution < 1.29 is 9.32 Å². The minimum atomic E-state index is -1.12. The Kier molecular flexibility index (Phi) is 5.66. The molecule has 0 fully saturated rings. The van der Waals surface area contributed by atoms with Gasteiger partial charge in [0.25, 0.3) is 0 Å². The van der Waals surface area contributed by atoms with Crippen LogP contribution in [-0.2, 0) is 10.8 Å². The minimum absolute atomic E-state index is 0.281. The quantitative estimate of drug-likeness (QED) is 0.785. The predicted octanol–water partition coefficient (Wildman–Crippen LogP) is 1.15. The number of benzene rings is 1. The van der Waals surface area contributed by atoms with E-state index in [0.717, 1.165) is 4.90 Å². The fourth-order valence-electron chi connectivity index (χ4n) is 1.27. The second kappa shape index (κ2) is 6.78. The Morgan fingerprint density at radius 2 is 1.94 bits per heavy atom. The van der Waals surface area contributed by atoms with E-state index in [1.807, 2.05) is 44.2 Å². The molecule has 0 bridgehead atoms. The van der Waals surface area contributed by atoms with Crippen molar-refractivity contribution >= 4 is 10.8 Å². The van der Waals surface area contributed by atoms with Crippen LogP contribution < -0.4 is 5.32 Å². The Morgan fingerprint density at radius 1 is 1.31 bits per heavy atom. The molecule has 0 aliphatic carbocycles. The Balaban J connectivity index is 2.40. The normalized spacial score (nSPS) is 15.0. The smallest absolute Gasteiger partial charge is 0.0783 e. The first-order valence-corrected chi connectivity index (χ1v) is 6.76. The van der Waals surface area contributed by atoms with Crippen LogP contribution in [0.5, 0.6) is 0 Å². The van der Waals surface area contributed by atoms with Crippen LogP contribution in [0.15, 0.2) is 35.2 Å². The van der Waals surface area contributed by atoms with E-state index >= 15 is 0 Å². The van der Waals surface area contributed by atoms with Crippen LogP contribution in [0.3, 0.4) is 0 Å². The third kappa shape index (κ3) is 4.88. The minimum Gasteiger partial charge on any atom is -0.391 e. The summed E-state index contributed by atoms with van der Waals surface area (Å²) in [5.41, 5.74) is 0. The van der Waals surface area contributed by atoms with Crippen molar-refractivity contribution in [3.8, 4) is 0 Å². The lowest BCUT2D eigenvalue weighted by Gasteiger charge is -2.13. The molecule has 16 heavy (non-hydrogen) atoms. The van der Waals surface area contributed by atoms with Crippen LogP contribution in [0.1, 0.15) is 13.8 Å². The second-order valence-corrected chi connectivity index (χ2v) is 5.54. The molecule has 0 amide bonds. The van der Waals surface area contributed by atoms with E-state index in [1.165, 1.54) is 0 Å². The third-order valence-corrected chi connectivity index (χ3v) is 3.60. The van der Waals surface area contributed by atoms with Crippen molar-refractivity contribution in [2.24, 2.45) is 0 Å². The molecule has 0 saturated heterocycles. The van der Waals surface area contributed by atoms with Gasteiger partial charge >= 0.3 is 0 Å². The molecule has 1 aromatic rings. The molecule has 0 unspecified atom stereocenters. The molecule has 0 saturated carbocycles. The fourth-order valence-corrected chi connectivity index (χ4v) is 2.39. The molecule has 4 heteroatoms. The zero-order chi connectivity index (χ0) is 12.0. The highest BCUT2D eigenvalue weighted by Crippen LogP contribution is 2.06. The molecule has 2 N–H and O–H groups in total. The van der Waals surface area contributed by atoms with Crippen LogP contribution in [-0.4, -0.2) is 33.8 Å². The van der Waals surface area contributed by atoms with Crippen molar-refractivity contribution in [2.45, 2.75) is 30.9 Å². The van der Waals surface area contributed by atoms with Gasteiger partial charge in [-0.05, 0) is 12.1 Å². The summed E-state index contributed by atoms with van der Waals surface area (Å²) in [6, 6.07) is 9.56.